The lowest BCUT2D eigenvalue weighted by Crippen LogP contribution is -2.10. The van der Waals surface area contributed by atoms with Crippen molar-refractivity contribution in [1.29, 1.82) is 0 Å². The molecular weight excluding hydrogens is 290 g/mol. The van der Waals surface area contributed by atoms with Crippen LogP contribution in [-0.2, 0) is 0 Å². The molecule has 24 heavy (non-hydrogen) atoms. The van der Waals surface area contributed by atoms with Gasteiger partial charge in [0.1, 0.15) is 0 Å². The number of anilines is 1. The van der Waals surface area contributed by atoms with Gasteiger partial charge in [-0.1, -0.05) is 91.0 Å². The minimum atomic E-state index is 0.131. The highest BCUT2D eigenvalue weighted by atomic mass is 14.9. The summed E-state index contributed by atoms with van der Waals surface area (Å²) in [6.45, 7) is 4.30. The van der Waals surface area contributed by atoms with Crippen molar-refractivity contribution >= 4 is 11.8 Å². The first kappa shape index (κ1) is 16.1. The summed E-state index contributed by atoms with van der Waals surface area (Å²) in [5, 5.41) is 3.72. The zero-order chi connectivity index (χ0) is 16.8. The third kappa shape index (κ3) is 3.94. The molecule has 0 aliphatic carbocycles. The van der Waals surface area contributed by atoms with Gasteiger partial charge in [0.2, 0.25) is 0 Å². The van der Waals surface area contributed by atoms with Crippen LogP contribution in [0.4, 0.5) is 5.69 Å². The van der Waals surface area contributed by atoms with Gasteiger partial charge in [0.25, 0.3) is 0 Å². The zero-order valence-corrected chi connectivity index (χ0v) is 14.2. The molecule has 3 aromatic rings. The second-order valence-electron chi connectivity index (χ2n) is 6.07. The lowest BCUT2D eigenvalue weighted by molar-refractivity contribution is 0.981. The van der Waals surface area contributed by atoms with E-state index in [1.54, 1.807) is 0 Å². The van der Waals surface area contributed by atoms with Crippen LogP contribution in [0.3, 0.4) is 0 Å². The molecule has 0 fully saturated rings. The van der Waals surface area contributed by atoms with Gasteiger partial charge in [-0.3, -0.25) is 0 Å². The maximum atomic E-state index is 3.72. The molecule has 0 bridgehead atoms. The topological polar surface area (TPSA) is 12.0 Å². The summed E-state index contributed by atoms with van der Waals surface area (Å²) in [7, 11) is 0. The second kappa shape index (κ2) is 7.65. The van der Waals surface area contributed by atoms with Gasteiger partial charge in [0, 0.05) is 5.69 Å². The van der Waals surface area contributed by atoms with Crippen molar-refractivity contribution in [2.75, 3.05) is 5.32 Å². The van der Waals surface area contributed by atoms with Crippen LogP contribution in [0.15, 0.2) is 84.9 Å². The smallest absolute Gasteiger partial charge is 0.0701 e. The lowest BCUT2D eigenvalue weighted by Gasteiger charge is -2.20. The summed E-state index contributed by atoms with van der Waals surface area (Å²) < 4.78 is 0. The molecule has 0 aliphatic heterocycles. The second-order valence-corrected chi connectivity index (χ2v) is 6.07. The van der Waals surface area contributed by atoms with E-state index in [1.807, 2.05) is 6.07 Å². The van der Waals surface area contributed by atoms with E-state index in [0.29, 0.717) is 0 Å². The summed E-state index contributed by atoms with van der Waals surface area (Å²) in [6.07, 6.45) is 4.41. The van der Waals surface area contributed by atoms with Gasteiger partial charge >= 0.3 is 0 Å². The highest BCUT2D eigenvalue weighted by Crippen LogP contribution is 2.27. The molecule has 0 saturated carbocycles. The highest BCUT2D eigenvalue weighted by Gasteiger charge is 2.10. The SMILES string of the molecule is Cc1cccc(C)c1NC(/C=C/c1ccccc1)c1ccccc1. The Kier molecular flexibility index (Phi) is 5.12. The van der Waals surface area contributed by atoms with Crippen molar-refractivity contribution < 1.29 is 0 Å². The maximum Gasteiger partial charge on any atom is 0.0701 e. The molecule has 3 aromatic carbocycles. The number of benzene rings is 3. The molecule has 1 atom stereocenters. The molecule has 0 aliphatic rings. The standard InChI is InChI=1S/C23H23N/c1-18-10-9-11-19(2)23(18)24-22(21-14-7-4-8-15-21)17-16-20-12-5-3-6-13-20/h3-17,22,24H,1-2H3/b17-16+. The molecular formula is C23H23N. The Hall–Kier alpha value is -2.80. The minimum Gasteiger partial charge on any atom is -0.374 e. The van der Waals surface area contributed by atoms with Crippen LogP contribution >= 0.6 is 0 Å². The van der Waals surface area contributed by atoms with E-state index in [1.165, 1.54) is 27.9 Å². The summed E-state index contributed by atoms with van der Waals surface area (Å²) in [6, 6.07) is 27.5. The monoisotopic (exact) mass is 313 g/mol. The van der Waals surface area contributed by atoms with E-state index in [0.717, 1.165) is 0 Å². The van der Waals surface area contributed by atoms with Gasteiger partial charge in [0.15, 0.2) is 0 Å². The van der Waals surface area contributed by atoms with Crippen LogP contribution in [0.1, 0.15) is 28.3 Å². The summed E-state index contributed by atoms with van der Waals surface area (Å²) in [5.41, 5.74) is 6.21. The number of hydrogen-bond acceptors (Lipinski definition) is 1. The number of aryl methyl sites for hydroxylation is 2. The van der Waals surface area contributed by atoms with Gasteiger partial charge in [-0.25, -0.2) is 0 Å². The third-order valence-corrected chi connectivity index (χ3v) is 4.22. The van der Waals surface area contributed by atoms with Gasteiger partial charge in [-0.15, -0.1) is 0 Å². The molecule has 120 valence electrons. The fraction of sp³-hybridized carbons (Fsp3) is 0.130. The molecule has 3 rings (SSSR count). The van der Waals surface area contributed by atoms with E-state index in [2.05, 4.69) is 104 Å². The van der Waals surface area contributed by atoms with E-state index in [4.69, 9.17) is 0 Å². The molecule has 1 heteroatoms. The number of para-hydroxylation sites is 1. The van der Waals surface area contributed by atoms with E-state index >= 15 is 0 Å². The fourth-order valence-corrected chi connectivity index (χ4v) is 2.87. The van der Waals surface area contributed by atoms with Crippen molar-refractivity contribution in [2.45, 2.75) is 19.9 Å². The average Bonchev–Trinajstić information content (AvgIpc) is 2.62. The van der Waals surface area contributed by atoms with Gasteiger partial charge in [-0.2, -0.15) is 0 Å². The number of rotatable bonds is 5. The molecule has 1 nitrogen and oxygen atoms in total. The van der Waals surface area contributed by atoms with Crippen LogP contribution in [0.2, 0.25) is 0 Å². The van der Waals surface area contributed by atoms with Crippen LogP contribution in [-0.4, -0.2) is 0 Å². The van der Waals surface area contributed by atoms with Crippen molar-refractivity contribution in [1.82, 2.24) is 0 Å². The van der Waals surface area contributed by atoms with E-state index in [9.17, 15) is 0 Å². The van der Waals surface area contributed by atoms with Gasteiger partial charge < -0.3 is 5.32 Å². The Morgan fingerprint density at radius 2 is 1.29 bits per heavy atom. The molecule has 0 heterocycles. The molecule has 0 spiro atoms. The molecule has 0 amide bonds. The Morgan fingerprint density at radius 3 is 1.92 bits per heavy atom. The Balaban J connectivity index is 1.92. The number of nitrogens with one attached hydrogen (secondary N) is 1. The predicted octanol–water partition coefficient (Wildman–Crippen LogP) is 6.17. The Labute approximate surface area is 144 Å². The van der Waals surface area contributed by atoms with Crippen LogP contribution < -0.4 is 5.32 Å². The van der Waals surface area contributed by atoms with Crippen molar-refractivity contribution in [3.63, 3.8) is 0 Å². The summed E-state index contributed by atoms with van der Waals surface area (Å²) in [4.78, 5) is 0. The first-order valence-electron chi connectivity index (χ1n) is 8.35. The predicted molar refractivity (Wildman–Crippen MR) is 104 cm³/mol. The minimum absolute atomic E-state index is 0.131. The molecule has 0 aromatic heterocycles. The van der Waals surface area contributed by atoms with Crippen molar-refractivity contribution in [3.8, 4) is 0 Å². The Morgan fingerprint density at radius 1 is 0.708 bits per heavy atom. The van der Waals surface area contributed by atoms with E-state index < -0.39 is 0 Å². The van der Waals surface area contributed by atoms with Crippen LogP contribution in [0, 0.1) is 13.8 Å². The molecule has 1 N–H and O–H groups in total. The fourth-order valence-electron chi connectivity index (χ4n) is 2.87. The first-order chi connectivity index (χ1) is 11.7. The molecule has 1 unspecified atom stereocenters. The van der Waals surface area contributed by atoms with Gasteiger partial charge in [0.05, 0.1) is 6.04 Å². The Bertz CT molecular complexity index is 784. The third-order valence-electron chi connectivity index (χ3n) is 4.22. The normalized spacial score (nSPS) is 12.2. The lowest BCUT2D eigenvalue weighted by atomic mass is 10.0. The maximum absolute atomic E-state index is 3.72. The largest absolute Gasteiger partial charge is 0.374 e. The zero-order valence-electron chi connectivity index (χ0n) is 14.2. The van der Waals surface area contributed by atoms with Crippen LogP contribution in [0.25, 0.3) is 6.08 Å². The van der Waals surface area contributed by atoms with E-state index in [-0.39, 0.29) is 6.04 Å². The summed E-state index contributed by atoms with van der Waals surface area (Å²) in [5.74, 6) is 0. The van der Waals surface area contributed by atoms with Crippen molar-refractivity contribution in [3.05, 3.63) is 107 Å². The quantitative estimate of drug-likeness (QED) is 0.594. The highest BCUT2D eigenvalue weighted by molar-refractivity contribution is 5.60. The van der Waals surface area contributed by atoms with Gasteiger partial charge in [-0.05, 0) is 36.1 Å². The molecule has 0 radical (unpaired) electrons. The average molecular weight is 313 g/mol. The van der Waals surface area contributed by atoms with Crippen LogP contribution in [0.5, 0.6) is 0 Å². The van der Waals surface area contributed by atoms with Crippen molar-refractivity contribution in [2.24, 2.45) is 0 Å². The summed E-state index contributed by atoms with van der Waals surface area (Å²) >= 11 is 0. The number of hydrogen-bond donors (Lipinski definition) is 1. The first-order valence-corrected chi connectivity index (χ1v) is 8.35. The molecule has 0 saturated heterocycles.